The standard InChI is InChI=1S/C17H26N2O5S/c1-18-16(13-8-7-9-14(22-2)17(13)23-3)15(12-24-18)25(20,21)19-10-5-4-6-11-19/h7-9,15-16H,4-6,10-12H2,1-3H3. The Kier molecular flexibility index (Phi) is 5.52. The van der Waals surface area contributed by atoms with E-state index < -0.39 is 21.3 Å². The molecule has 0 N–H and O–H groups in total. The van der Waals surface area contributed by atoms with Crippen molar-refractivity contribution in [1.82, 2.24) is 9.37 Å². The number of ether oxygens (including phenoxy) is 2. The minimum atomic E-state index is -3.47. The van der Waals surface area contributed by atoms with E-state index in [1.54, 1.807) is 36.7 Å². The van der Waals surface area contributed by atoms with E-state index in [1.165, 1.54) is 0 Å². The van der Waals surface area contributed by atoms with E-state index in [2.05, 4.69) is 0 Å². The van der Waals surface area contributed by atoms with Crippen molar-refractivity contribution in [2.45, 2.75) is 30.6 Å². The highest BCUT2D eigenvalue weighted by atomic mass is 32.2. The number of benzene rings is 1. The molecule has 140 valence electrons. The van der Waals surface area contributed by atoms with Crippen molar-refractivity contribution in [3.8, 4) is 11.5 Å². The lowest BCUT2D eigenvalue weighted by Crippen LogP contribution is -2.44. The molecule has 8 heteroatoms. The zero-order chi connectivity index (χ0) is 18.0. The van der Waals surface area contributed by atoms with Gasteiger partial charge in [-0.3, -0.25) is 4.84 Å². The quantitative estimate of drug-likeness (QED) is 0.787. The third-order valence-electron chi connectivity index (χ3n) is 5.00. The zero-order valence-electron chi connectivity index (χ0n) is 15.0. The second-order valence-corrected chi connectivity index (χ2v) is 8.56. The Balaban J connectivity index is 1.99. The molecule has 2 aliphatic heterocycles. The van der Waals surface area contributed by atoms with E-state index in [0.717, 1.165) is 24.8 Å². The summed E-state index contributed by atoms with van der Waals surface area (Å²) >= 11 is 0. The molecule has 0 bridgehead atoms. The fourth-order valence-corrected chi connectivity index (χ4v) is 5.72. The predicted molar refractivity (Wildman–Crippen MR) is 94.1 cm³/mol. The predicted octanol–water partition coefficient (Wildman–Crippen LogP) is 1.81. The van der Waals surface area contributed by atoms with Crippen molar-refractivity contribution in [2.75, 3.05) is 41.0 Å². The highest BCUT2D eigenvalue weighted by Crippen LogP contribution is 2.42. The maximum Gasteiger partial charge on any atom is 0.221 e. The van der Waals surface area contributed by atoms with Crippen LogP contribution in [-0.2, 0) is 14.9 Å². The minimum Gasteiger partial charge on any atom is -0.493 e. The van der Waals surface area contributed by atoms with E-state index in [1.807, 2.05) is 12.1 Å². The Morgan fingerprint density at radius 2 is 1.84 bits per heavy atom. The van der Waals surface area contributed by atoms with Gasteiger partial charge in [-0.2, -0.15) is 5.06 Å². The van der Waals surface area contributed by atoms with Crippen molar-refractivity contribution in [1.29, 1.82) is 0 Å². The number of rotatable bonds is 5. The van der Waals surface area contributed by atoms with Crippen LogP contribution in [0.2, 0.25) is 0 Å². The van der Waals surface area contributed by atoms with Crippen molar-refractivity contribution in [3.05, 3.63) is 23.8 Å². The van der Waals surface area contributed by atoms with Gasteiger partial charge in [0.2, 0.25) is 10.0 Å². The Labute approximate surface area is 149 Å². The summed E-state index contributed by atoms with van der Waals surface area (Å²) in [5.41, 5.74) is 0.757. The average Bonchev–Trinajstić information content (AvgIpc) is 3.03. The summed E-state index contributed by atoms with van der Waals surface area (Å²) in [6.45, 7) is 1.31. The molecule has 2 saturated heterocycles. The molecule has 0 spiro atoms. The van der Waals surface area contributed by atoms with Gasteiger partial charge < -0.3 is 9.47 Å². The number of piperidine rings is 1. The number of methoxy groups -OCH3 is 2. The van der Waals surface area contributed by atoms with Gasteiger partial charge in [-0.15, -0.1) is 0 Å². The SMILES string of the molecule is COc1cccc(C2C(S(=O)(=O)N3CCCCC3)CON2C)c1OC. The molecular formula is C17H26N2O5S. The van der Waals surface area contributed by atoms with Gasteiger partial charge in [-0.1, -0.05) is 18.6 Å². The fraction of sp³-hybridized carbons (Fsp3) is 0.647. The van der Waals surface area contributed by atoms with Crippen LogP contribution < -0.4 is 9.47 Å². The largest absolute Gasteiger partial charge is 0.493 e. The molecule has 2 fully saturated rings. The summed E-state index contributed by atoms with van der Waals surface area (Å²) in [5.74, 6) is 1.13. The molecule has 1 aromatic rings. The lowest BCUT2D eigenvalue weighted by Gasteiger charge is -2.31. The molecule has 0 amide bonds. The molecule has 2 aliphatic rings. The van der Waals surface area contributed by atoms with E-state index >= 15 is 0 Å². The first-order valence-corrected chi connectivity index (χ1v) is 10.1. The summed E-state index contributed by atoms with van der Waals surface area (Å²) in [5, 5.41) is 0.945. The van der Waals surface area contributed by atoms with Crippen LogP contribution in [0.4, 0.5) is 0 Å². The van der Waals surface area contributed by atoms with E-state index in [9.17, 15) is 8.42 Å². The van der Waals surface area contributed by atoms with Gasteiger partial charge in [0, 0.05) is 25.7 Å². The second-order valence-electron chi connectivity index (χ2n) is 6.41. The van der Waals surface area contributed by atoms with Gasteiger partial charge in [0.25, 0.3) is 0 Å². The Bertz CT molecular complexity index is 703. The molecule has 2 heterocycles. The first-order chi connectivity index (χ1) is 12.0. The minimum absolute atomic E-state index is 0.139. The summed E-state index contributed by atoms with van der Waals surface area (Å²) in [7, 11) is 1.42. The Morgan fingerprint density at radius 3 is 2.48 bits per heavy atom. The Hall–Kier alpha value is -1.35. The highest BCUT2D eigenvalue weighted by molar-refractivity contribution is 7.89. The average molecular weight is 370 g/mol. The molecule has 1 aromatic carbocycles. The lowest BCUT2D eigenvalue weighted by molar-refractivity contribution is -0.110. The number of para-hydroxylation sites is 1. The van der Waals surface area contributed by atoms with E-state index in [-0.39, 0.29) is 6.61 Å². The van der Waals surface area contributed by atoms with Crippen molar-refractivity contribution in [3.63, 3.8) is 0 Å². The Morgan fingerprint density at radius 1 is 1.12 bits per heavy atom. The van der Waals surface area contributed by atoms with Gasteiger partial charge in [-0.05, 0) is 18.9 Å². The van der Waals surface area contributed by atoms with E-state index in [4.69, 9.17) is 14.3 Å². The molecule has 0 aliphatic carbocycles. The van der Waals surface area contributed by atoms with Crippen molar-refractivity contribution >= 4 is 10.0 Å². The van der Waals surface area contributed by atoms with Crippen molar-refractivity contribution < 1.29 is 22.7 Å². The maximum atomic E-state index is 13.2. The molecule has 7 nitrogen and oxygen atoms in total. The first-order valence-electron chi connectivity index (χ1n) is 8.56. The number of hydroxylamine groups is 2. The summed E-state index contributed by atoms with van der Waals surface area (Å²) in [6.07, 6.45) is 2.91. The number of hydrogen-bond donors (Lipinski definition) is 0. The monoisotopic (exact) mass is 370 g/mol. The molecular weight excluding hydrogens is 344 g/mol. The van der Waals surface area contributed by atoms with Gasteiger partial charge in [0.05, 0.1) is 26.9 Å². The van der Waals surface area contributed by atoms with Crippen LogP contribution >= 0.6 is 0 Å². The summed E-state index contributed by atoms with van der Waals surface area (Å²) in [6, 6.07) is 5.06. The fourth-order valence-electron chi connectivity index (χ4n) is 3.70. The maximum absolute atomic E-state index is 13.2. The summed E-state index contributed by atoms with van der Waals surface area (Å²) in [4.78, 5) is 5.61. The van der Waals surface area contributed by atoms with Gasteiger partial charge in [-0.25, -0.2) is 12.7 Å². The normalized spacial score (nSPS) is 25.9. The van der Waals surface area contributed by atoms with Crippen LogP contribution in [0, 0.1) is 0 Å². The molecule has 3 rings (SSSR count). The molecule has 0 radical (unpaired) electrons. The van der Waals surface area contributed by atoms with Crippen LogP contribution in [0.25, 0.3) is 0 Å². The van der Waals surface area contributed by atoms with E-state index in [0.29, 0.717) is 24.6 Å². The van der Waals surface area contributed by atoms with Crippen LogP contribution in [0.3, 0.4) is 0 Å². The smallest absolute Gasteiger partial charge is 0.221 e. The second kappa shape index (κ2) is 7.49. The van der Waals surface area contributed by atoms with Crippen LogP contribution in [0.15, 0.2) is 18.2 Å². The molecule has 0 saturated carbocycles. The molecule has 25 heavy (non-hydrogen) atoms. The molecule has 0 aromatic heterocycles. The molecule has 2 atom stereocenters. The van der Waals surface area contributed by atoms with Crippen molar-refractivity contribution in [2.24, 2.45) is 0 Å². The number of sulfonamides is 1. The van der Waals surface area contributed by atoms with Crippen LogP contribution in [0.1, 0.15) is 30.9 Å². The van der Waals surface area contributed by atoms with Crippen LogP contribution in [-0.4, -0.2) is 64.0 Å². The lowest BCUT2D eigenvalue weighted by atomic mass is 10.0. The number of hydrogen-bond acceptors (Lipinski definition) is 6. The molecule has 2 unspecified atom stereocenters. The van der Waals surface area contributed by atoms with Crippen LogP contribution in [0.5, 0.6) is 11.5 Å². The topological polar surface area (TPSA) is 68.3 Å². The first kappa shape index (κ1) is 18.4. The van der Waals surface area contributed by atoms with Gasteiger partial charge in [0.1, 0.15) is 5.25 Å². The summed E-state index contributed by atoms with van der Waals surface area (Å²) < 4.78 is 38.9. The van der Waals surface area contributed by atoms with Gasteiger partial charge in [0.15, 0.2) is 11.5 Å². The third-order valence-corrected chi connectivity index (χ3v) is 7.24. The van der Waals surface area contributed by atoms with Gasteiger partial charge >= 0.3 is 0 Å². The number of nitrogens with zero attached hydrogens (tertiary/aromatic N) is 2. The third kappa shape index (κ3) is 3.36. The zero-order valence-corrected chi connectivity index (χ0v) is 15.8. The highest BCUT2D eigenvalue weighted by Gasteiger charge is 2.47.